The van der Waals surface area contributed by atoms with Crippen LogP contribution in [0.25, 0.3) is 0 Å². The SMILES string of the molecule is COc1ccc(O[Si](CCC(=O)N(C)c2ccccc2)(C(C)(C)C)C(C)(C)C)cc1. The Morgan fingerprint density at radius 2 is 1.37 bits per heavy atom. The molecule has 2 aromatic carbocycles. The molecule has 0 aromatic heterocycles. The third-order valence-corrected chi connectivity index (χ3v) is 12.4. The number of carbonyl (C=O) groups excluding carboxylic acids is 1. The molecule has 1 amide bonds. The molecule has 164 valence electrons. The molecule has 2 aromatic rings. The third-order valence-electron chi connectivity index (χ3n) is 5.98. The smallest absolute Gasteiger partial charge is 0.262 e. The van der Waals surface area contributed by atoms with Gasteiger partial charge in [-0.1, -0.05) is 59.7 Å². The number of methoxy groups -OCH3 is 1. The van der Waals surface area contributed by atoms with Gasteiger partial charge in [-0.05, 0) is 52.5 Å². The molecule has 4 nitrogen and oxygen atoms in total. The van der Waals surface area contributed by atoms with E-state index in [0.29, 0.717) is 6.42 Å². The van der Waals surface area contributed by atoms with E-state index >= 15 is 0 Å². The van der Waals surface area contributed by atoms with Crippen LogP contribution in [0.2, 0.25) is 16.1 Å². The Bertz CT molecular complexity index is 806. The van der Waals surface area contributed by atoms with E-state index < -0.39 is 8.32 Å². The average Bonchev–Trinajstić information content (AvgIpc) is 2.69. The predicted octanol–water partition coefficient (Wildman–Crippen LogP) is 6.67. The topological polar surface area (TPSA) is 38.8 Å². The summed E-state index contributed by atoms with van der Waals surface area (Å²) in [5, 5.41) is -0.118. The van der Waals surface area contributed by atoms with Gasteiger partial charge in [0.2, 0.25) is 5.91 Å². The van der Waals surface area contributed by atoms with Crippen molar-refractivity contribution in [3.63, 3.8) is 0 Å². The van der Waals surface area contributed by atoms with Crippen molar-refractivity contribution in [1.29, 1.82) is 0 Å². The molecule has 0 saturated carbocycles. The largest absolute Gasteiger partial charge is 0.542 e. The van der Waals surface area contributed by atoms with E-state index in [1.54, 1.807) is 12.0 Å². The normalized spacial score (nSPS) is 12.4. The molecule has 0 aliphatic heterocycles. The highest BCUT2D eigenvalue weighted by Crippen LogP contribution is 2.54. The lowest BCUT2D eigenvalue weighted by atomic mass is 10.2. The van der Waals surface area contributed by atoms with E-state index in [1.165, 1.54) is 0 Å². The fourth-order valence-corrected chi connectivity index (χ4v) is 9.89. The fourth-order valence-electron chi connectivity index (χ4n) is 4.32. The molecule has 0 bridgehead atoms. The molecule has 5 heteroatoms. The molecule has 0 aliphatic rings. The van der Waals surface area contributed by atoms with Gasteiger partial charge in [-0.15, -0.1) is 0 Å². The first kappa shape index (κ1) is 24.0. The molecule has 0 aliphatic carbocycles. The molecule has 0 N–H and O–H groups in total. The van der Waals surface area contributed by atoms with Crippen molar-refractivity contribution in [3.05, 3.63) is 54.6 Å². The first-order valence-electron chi connectivity index (χ1n) is 10.6. The standard InChI is InChI=1S/C25H37NO3Si/c1-24(2,3)30(25(4,5)6,29-22-16-14-21(28-8)15-17-22)19-18-23(27)26(7)20-12-10-9-11-13-20/h9-17H,18-19H2,1-8H3. The molecular formula is C25H37NO3Si. The van der Waals surface area contributed by atoms with E-state index in [1.807, 2.05) is 61.6 Å². The maximum atomic E-state index is 13.1. The first-order chi connectivity index (χ1) is 13.9. The third kappa shape index (κ3) is 5.25. The van der Waals surface area contributed by atoms with Gasteiger partial charge in [-0.3, -0.25) is 4.79 Å². The van der Waals surface area contributed by atoms with Gasteiger partial charge in [0.25, 0.3) is 8.32 Å². The number of para-hydroxylation sites is 1. The summed E-state index contributed by atoms with van der Waals surface area (Å²) >= 11 is 0. The summed E-state index contributed by atoms with van der Waals surface area (Å²) in [5.74, 6) is 1.77. The molecule has 0 fully saturated rings. The second kappa shape index (κ2) is 9.25. The van der Waals surface area contributed by atoms with E-state index in [-0.39, 0.29) is 16.0 Å². The predicted molar refractivity (Wildman–Crippen MR) is 128 cm³/mol. The molecule has 0 atom stereocenters. The monoisotopic (exact) mass is 427 g/mol. The number of ether oxygens (including phenoxy) is 1. The van der Waals surface area contributed by atoms with Crippen LogP contribution >= 0.6 is 0 Å². The fraction of sp³-hybridized carbons (Fsp3) is 0.480. The minimum atomic E-state index is -2.46. The number of amides is 1. The highest BCUT2D eigenvalue weighted by molar-refractivity contribution is 6.80. The maximum Gasteiger partial charge on any atom is 0.262 e. The Kier molecular flexibility index (Phi) is 7.40. The van der Waals surface area contributed by atoms with Gasteiger partial charge < -0.3 is 14.1 Å². The van der Waals surface area contributed by atoms with Crippen LogP contribution < -0.4 is 14.1 Å². The van der Waals surface area contributed by atoms with Gasteiger partial charge >= 0.3 is 0 Å². The van der Waals surface area contributed by atoms with Crippen molar-refractivity contribution in [2.45, 2.75) is 64.1 Å². The van der Waals surface area contributed by atoms with Crippen molar-refractivity contribution >= 4 is 19.9 Å². The van der Waals surface area contributed by atoms with Gasteiger partial charge in [0.15, 0.2) is 0 Å². The van der Waals surface area contributed by atoms with Gasteiger partial charge in [0.1, 0.15) is 11.5 Å². The Morgan fingerprint density at radius 1 is 0.867 bits per heavy atom. The number of carbonyl (C=O) groups is 1. The average molecular weight is 428 g/mol. The minimum Gasteiger partial charge on any atom is -0.542 e. The van der Waals surface area contributed by atoms with Crippen molar-refractivity contribution < 1.29 is 14.0 Å². The van der Waals surface area contributed by atoms with Crippen LogP contribution in [0.5, 0.6) is 11.5 Å². The van der Waals surface area contributed by atoms with E-state index in [2.05, 4.69) is 41.5 Å². The summed E-state index contributed by atoms with van der Waals surface area (Å²) in [4.78, 5) is 14.8. The van der Waals surface area contributed by atoms with Crippen LogP contribution in [0.4, 0.5) is 5.69 Å². The zero-order chi connectivity index (χ0) is 22.6. The van der Waals surface area contributed by atoms with Crippen LogP contribution in [0.1, 0.15) is 48.0 Å². The van der Waals surface area contributed by atoms with Crippen molar-refractivity contribution in [2.75, 3.05) is 19.1 Å². The van der Waals surface area contributed by atoms with Gasteiger partial charge in [0, 0.05) is 19.2 Å². The number of nitrogens with zero attached hydrogens (tertiary/aromatic N) is 1. The second-order valence-electron chi connectivity index (χ2n) is 9.89. The maximum absolute atomic E-state index is 13.1. The number of hydrogen-bond donors (Lipinski definition) is 0. The van der Waals surface area contributed by atoms with Gasteiger partial charge in [-0.25, -0.2) is 0 Å². The summed E-state index contributed by atoms with van der Waals surface area (Å²) < 4.78 is 12.2. The van der Waals surface area contributed by atoms with Crippen molar-refractivity contribution in [1.82, 2.24) is 0 Å². The first-order valence-corrected chi connectivity index (χ1v) is 12.7. The van der Waals surface area contributed by atoms with Gasteiger partial charge in [0.05, 0.1) is 7.11 Å². The lowest BCUT2D eigenvalue weighted by Gasteiger charge is -2.50. The highest BCUT2D eigenvalue weighted by atomic mass is 28.4. The quantitative estimate of drug-likeness (QED) is 0.463. The second-order valence-corrected chi connectivity index (χ2v) is 15.3. The Balaban J connectivity index is 2.32. The summed E-state index contributed by atoms with van der Waals surface area (Å²) in [6.45, 7) is 13.5. The molecule has 2 rings (SSSR count). The molecule has 0 heterocycles. The zero-order valence-electron chi connectivity index (χ0n) is 19.8. The van der Waals surface area contributed by atoms with E-state index in [0.717, 1.165) is 23.2 Å². The van der Waals surface area contributed by atoms with Crippen LogP contribution in [0, 0.1) is 0 Å². The van der Waals surface area contributed by atoms with E-state index in [4.69, 9.17) is 9.16 Å². The molecule has 0 spiro atoms. The Morgan fingerprint density at radius 3 is 1.83 bits per heavy atom. The van der Waals surface area contributed by atoms with Crippen LogP contribution in [0.15, 0.2) is 54.6 Å². The summed E-state index contributed by atoms with van der Waals surface area (Å²) in [6, 6.07) is 18.3. The minimum absolute atomic E-state index is 0.0588. The lowest BCUT2D eigenvalue weighted by molar-refractivity contribution is -0.118. The van der Waals surface area contributed by atoms with E-state index in [9.17, 15) is 4.79 Å². The number of hydrogen-bond acceptors (Lipinski definition) is 3. The number of anilines is 1. The Hall–Kier alpha value is -2.27. The Labute approximate surface area is 183 Å². The van der Waals surface area contributed by atoms with Crippen molar-refractivity contribution in [2.24, 2.45) is 0 Å². The van der Waals surface area contributed by atoms with Crippen LogP contribution in [0.3, 0.4) is 0 Å². The van der Waals surface area contributed by atoms with Crippen LogP contribution in [-0.2, 0) is 4.79 Å². The molecular weight excluding hydrogens is 390 g/mol. The molecule has 0 unspecified atom stereocenters. The molecule has 30 heavy (non-hydrogen) atoms. The summed E-state index contributed by atoms with van der Waals surface area (Å²) in [7, 11) is 1.04. The number of rotatable bonds is 7. The van der Waals surface area contributed by atoms with Crippen molar-refractivity contribution in [3.8, 4) is 11.5 Å². The van der Waals surface area contributed by atoms with Gasteiger partial charge in [-0.2, -0.15) is 0 Å². The summed E-state index contributed by atoms with van der Waals surface area (Å²) in [6.07, 6.45) is 0.461. The summed E-state index contributed by atoms with van der Waals surface area (Å²) in [5.41, 5.74) is 0.914. The molecule has 0 saturated heterocycles. The zero-order valence-corrected chi connectivity index (χ0v) is 20.8. The highest BCUT2D eigenvalue weighted by Gasteiger charge is 2.56. The molecule has 0 radical (unpaired) electrons. The lowest BCUT2D eigenvalue weighted by Crippen LogP contribution is -2.57. The van der Waals surface area contributed by atoms with Crippen LogP contribution in [-0.4, -0.2) is 28.4 Å². The number of benzene rings is 2.